The van der Waals surface area contributed by atoms with Crippen molar-refractivity contribution < 1.29 is 14.6 Å². The Morgan fingerprint density at radius 2 is 2.27 bits per heavy atom. The monoisotopic (exact) mass is 233 g/mol. The fraction of sp³-hybridized carbons (Fsp3) is 0.900. The van der Waals surface area contributed by atoms with Gasteiger partial charge in [-0.15, -0.1) is 0 Å². The summed E-state index contributed by atoms with van der Waals surface area (Å²) < 4.78 is 5.32. The van der Waals surface area contributed by atoms with Gasteiger partial charge in [-0.2, -0.15) is 11.8 Å². The average Bonchev–Trinajstić information content (AvgIpc) is 2.12. The lowest BCUT2D eigenvalue weighted by Crippen LogP contribution is -2.61. The summed E-state index contributed by atoms with van der Waals surface area (Å²) in [7, 11) is 0. The lowest BCUT2D eigenvalue weighted by Gasteiger charge is -2.47. The SMILES string of the molecule is CSCCCN1CC(C)(OCC(=O)O)C1. The summed E-state index contributed by atoms with van der Waals surface area (Å²) >= 11 is 1.86. The van der Waals surface area contributed by atoms with Crippen LogP contribution in [0.5, 0.6) is 0 Å². The molecule has 88 valence electrons. The van der Waals surface area contributed by atoms with E-state index >= 15 is 0 Å². The third-order valence-electron chi connectivity index (χ3n) is 2.48. The number of carboxylic acids is 1. The van der Waals surface area contributed by atoms with Crippen LogP contribution in [0.15, 0.2) is 0 Å². The van der Waals surface area contributed by atoms with Crippen molar-refractivity contribution in [1.82, 2.24) is 4.90 Å². The molecule has 0 spiro atoms. The quantitative estimate of drug-likeness (QED) is 0.663. The Morgan fingerprint density at radius 1 is 1.60 bits per heavy atom. The van der Waals surface area contributed by atoms with E-state index in [1.165, 1.54) is 12.2 Å². The summed E-state index contributed by atoms with van der Waals surface area (Å²) in [6.45, 7) is 4.59. The van der Waals surface area contributed by atoms with Gasteiger partial charge in [0.25, 0.3) is 0 Å². The number of aliphatic carboxylic acids is 1. The molecule has 1 saturated heterocycles. The fourth-order valence-electron chi connectivity index (χ4n) is 1.82. The molecule has 1 aliphatic rings. The van der Waals surface area contributed by atoms with Crippen LogP contribution in [0.3, 0.4) is 0 Å². The maximum Gasteiger partial charge on any atom is 0.329 e. The minimum atomic E-state index is -0.892. The molecule has 0 aromatic heterocycles. The molecular weight excluding hydrogens is 214 g/mol. The van der Waals surface area contributed by atoms with E-state index in [0.29, 0.717) is 0 Å². The van der Waals surface area contributed by atoms with Crippen molar-refractivity contribution >= 4 is 17.7 Å². The zero-order valence-corrected chi connectivity index (χ0v) is 10.2. The van der Waals surface area contributed by atoms with Gasteiger partial charge >= 0.3 is 5.97 Å². The topological polar surface area (TPSA) is 49.8 Å². The Kier molecular flexibility index (Phi) is 4.89. The second kappa shape index (κ2) is 5.72. The molecule has 0 bridgehead atoms. The van der Waals surface area contributed by atoms with E-state index in [2.05, 4.69) is 11.2 Å². The number of carbonyl (C=O) groups is 1. The van der Waals surface area contributed by atoms with E-state index in [9.17, 15) is 4.79 Å². The molecule has 1 aliphatic heterocycles. The van der Waals surface area contributed by atoms with Crippen LogP contribution < -0.4 is 0 Å². The molecule has 0 aromatic rings. The van der Waals surface area contributed by atoms with Crippen LogP contribution in [-0.4, -0.2) is 59.8 Å². The van der Waals surface area contributed by atoms with Gasteiger partial charge in [0.05, 0.1) is 5.60 Å². The first kappa shape index (κ1) is 12.8. The molecule has 0 radical (unpaired) electrons. The van der Waals surface area contributed by atoms with Gasteiger partial charge in [0.1, 0.15) is 6.61 Å². The molecule has 0 unspecified atom stereocenters. The average molecular weight is 233 g/mol. The van der Waals surface area contributed by atoms with Crippen molar-refractivity contribution in [1.29, 1.82) is 0 Å². The zero-order chi connectivity index (χ0) is 11.3. The van der Waals surface area contributed by atoms with Gasteiger partial charge in [-0.25, -0.2) is 4.79 Å². The third kappa shape index (κ3) is 4.40. The number of hydrogen-bond acceptors (Lipinski definition) is 4. The van der Waals surface area contributed by atoms with Crippen molar-refractivity contribution in [2.24, 2.45) is 0 Å². The fourth-order valence-corrected chi connectivity index (χ4v) is 2.24. The normalized spacial score (nSPS) is 19.9. The molecule has 1 rings (SSSR count). The van der Waals surface area contributed by atoms with Crippen LogP contribution in [0.1, 0.15) is 13.3 Å². The first-order chi connectivity index (χ1) is 7.06. The number of carboxylic acid groups (broad SMARTS) is 1. The van der Waals surface area contributed by atoms with E-state index in [4.69, 9.17) is 9.84 Å². The molecular formula is C10H19NO3S. The maximum absolute atomic E-state index is 10.3. The number of thioether (sulfide) groups is 1. The number of ether oxygens (including phenoxy) is 1. The van der Waals surface area contributed by atoms with Gasteiger partial charge < -0.3 is 9.84 Å². The minimum Gasteiger partial charge on any atom is -0.480 e. The second-order valence-corrected chi connectivity index (χ2v) is 5.17. The second-order valence-electron chi connectivity index (χ2n) is 4.19. The molecule has 15 heavy (non-hydrogen) atoms. The highest BCUT2D eigenvalue weighted by atomic mass is 32.2. The van der Waals surface area contributed by atoms with Crippen molar-refractivity contribution in [2.45, 2.75) is 18.9 Å². The van der Waals surface area contributed by atoms with Crippen LogP contribution in [0.2, 0.25) is 0 Å². The Bertz CT molecular complexity index is 217. The van der Waals surface area contributed by atoms with E-state index in [0.717, 1.165) is 19.6 Å². The largest absolute Gasteiger partial charge is 0.480 e. The smallest absolute Gasteiger partial charge is 0.329 e. The highest BCUT2D eigenvalue weighted by Crippen LogP contribution is 2.24. The molecule has 5 heteroatoms. The van der Waals surface area contributed by atoms with Crippen LogP contribution in [0.4, 0.5) is 0 Å². The maximum atomic E-state index is 10.3. The first-order valence-electron chi connectivity index (χ1n) is 5.13. The summed E-state index contributed by atoms with van der Waals surface area (Å²) in [5.41, 5.74) is -0.238. The summed E-state index contributed by atoms with van der Waals surface area (Å²) in [4.78, 5) is 12.6. The van der Waals surface area contributed by atoms with Gasteiger partial charge in [0.2, 0.25) is 0 Å². The Morgan fingerprint density at radius 3 is 2.80 bits per heavy atom. The van der Waals surface area contributed by atoms with Crippen LogP contribution in [0.25, 0.3) is 0 Å². The van der Waals surface area contributed by atoms with E-state index in [1.807, 2.05) is 18.7 Å². The lowest BCUT2D eigenvalue weighted by molar-refractivity contribution is -0.164. The molecule has 4 nitrogen and oxygen atoms in total. The molecule has 0 aliphatic carbocycles. The lowest BCUT2D eigenvalue weighted by atomic mass is 9.96. The molecule has 0 amide bonds. The zero-order valence-electron chi connectivity index (χ0n) is 9.36. The van der Waals surface area contributed by atoms with E-state index in [-0.39, 0.29) is 12.2 Å². The van der Waals surface area contributed by atoms with Crippen molar-refractivity contribution in [3.8, 4) is 0 Å². The predicted molar refractivity (Wildman–Crippen MR) is 61.4 cm³/mol. The number of rotatable bonds is 7. The standard InChI is InChI=1S/C10H19NO3S/c1-10(14-6-9(12)13)7-11(8-10)4-3-5-15-2/h3-8H2,1-2H3,(H,12,13). The summed E-state index contributed by atoms with van der Waals surface area (Å²) in [5, 5.41) is 8.49. The van der Waals surface area contributed by atoms with Gasteiger partial charge in [-0.1, -0.05) is 0 Å². The molecule has 1 heterocycles. The van der Waals surface area contributed by atoms with Crippen LogP contribution in [-0.2, 0) is 9.53 Å². The molecule has 0 saturated carbocycles. The Balaban J connectivity index is 2.09. The van der Waals surface area contributed by atoms with Crippen LogP contribution in [0, 0.1) is 0 Å². The summed E-state index contributed by atoms with van der Waals surface area (Å²) in [5.74, 6) is 0.292. The van der Waals surface area contributed by atoms with Crippen molar-refractivity contribution in [3.63, 3.8) is 0 Å². The molecule has 0 atom stereocenters. The number of hydrogen-bond donors (Lipinski definition) is 1. The number of likely N-dealkylation sites (tertiary alicyclic amines) is 1. The van der Waals surface area contributed by atoms with Crippen molar-refractivity contribution in [3.05, 3.63) is 0 Å². The van der Waals surface area contributed by atoms with Gasteiger partial charge in [-0.3, -0.25) is 4.90 Å². The summed E-state index contributed by atoms with van der Waals surface area (Å²) in [6, 6.07) is 0. The highest BCUT2D eigenvalue weighted by molar-refractivity contribution is 7.98. The number of nitrogens with zero attached hydrogens (tertiary/aromatic N) is 1. The van der Waals surface area contributed by atoms with Gasteiger partial charge in [-0.05, 0) is 31.9 Å². The molecule has 1 fully saturated rings. The first-order valence-corrected chi connectivity index (χ1v) is 6.52. The Hall–Kier alpha value is -0.260. The minimum absolute atomic E-state index is 0.185. The predicted octanol–water partition coefficient (Wildman–Crippen LogP) is 0.915. The van der Waals surface area contributed by atoms with Crippen molar-refractivity contribution in [2.75, 3.05) is 38.2 Å². The Labute approximate surface area is 95.0 Å². The van der Waals surface area contributed by atoms with E-state index < -0.39 is 5.97 Å². The van der Waals surface area contributed by atoms with Crippen LogP contribution >= 0.6 is 11.8 Å². The summed E-state index contributed by atoms with van der Waals surface area (Å²) in [6.07, 6.45) is 3.30. The van der Waals surface area contributed by atoms with E-state index in [1.54, 1.807) is 0 Å². The third-order valence-corrected chi connectivity index (χ3v) is 3.18. The molecule has 0 aromatic carbocycles. The molecule has 1 N–H and O–H groups in total. The van der Waals surface area contributed by atoms with Gasteiger partial charge in [0.15, 0.2) is 0 Å². The van der Waals surface area contributed by atoms with Gasteiger partial charge in [0, 0.05) is 13.1 Å². The highest BCUT2D eigenvalue weighted by Gasteiger charge is 2.39.